The summed E-state index contributed by atoms with van der Waals surface area (Å²) >= 11 is 0. The van der Waals surface area contributed by atoms with E-state index in [4.69, 9.17) is 0 Å². The predicted molar refractivity (Wildman–Crippen MR) is 151 cm³/mol. The number of aryl methyl sites for hydroxylation is 1. The summed E-state index contributed by atoms with van der Waals surface area (Å²) < 4.78 is 0. The van der Waals surface area contributed by atoms with Gasteiger partial charge in [-0.1, -0.05) is 69.7 Å². The maximum absolute atomic E-state index is 14.2. The highest BCUT2D eigenvalue weighted by Gasteiger charge is 2.76. The molecular weight excluding hydrogens is 524 g/mol. The van der Waals surface area contributed by atoms with Crippen molar-refractivity contribution in [3.05, 3.63) is 87.4 Å². The minimum Gasteiger partial charge on any atom is -0.511 e. The first-order valence-electron chi connectivity index (χ1n) is 13.8. The number of rotatable bonds is 4. The lowest BCUT2D eigenvalue weighted by Crippen LogP contribution is -2.73. The number of hydrogen-bond acceptors (Lipinski definition) is 8. The van der Waals surface area contributed by atoms with Crippen LogP contribution in [0.3, 0.4) is 0 Å². The number of aliphatic hydroxyl groups excluding tert-OH is 3. The number of aliphatic hydroxyl groups is 4. The Hall–Kier alpha value is -3.75. The lowest BCUT2D eigenvalue weighted by Gasteiger charge is -2.63. The van der Waals surface area contributed by atoms with E-state index < -0.39 is 80.3 Å². The van der Waals surface area contributed by atoms with Crippen LogP contribution in [0.5, 0.6) is 5.75 Å². The summed E-state index contributed by atoms with van der Waals surface area (Å²) in [6.45, 7) is 9.48. The molecule has 5 N–H and O–H groups in total. The second kappa shape index (κ2) is 9.13. The van der Waals surface area contributed by atoms with Gasteiger partial charge >= 0.3 is 0 Å². The Morgan fingerprint density at radius 2 is 1.61 bits per heavy atom. The summed E-state index contributed by atoms with van der Waals surface area (Å²) in [5.74, 6) is -7.14. The van der Waals surface area contributed by atoms with Crippen molar-refractivity contribution in [1.29, 1.82) is 0 Å². The molecule has 3 aliphatic rings. The lowest BCUT2D eigenvalue weighted by atomic mass is 9.41. The van der Waals surface area contributed by atoms with Crippen molar-refractivity contribution in [3.8, 4) is 5.75 Å². The van der Waals surface area contributed by atoms with Crippen molar-refractivity contribution in [2.45, 2.75) is 65.6 Å². The van der Waals surface area contributed by atoms with E-state index in [1.54, 1.807) is 32.9 Å². The van der Waals surface area contributed by atoms with Gasteiger partial charge in [-0.15, -0.1) is 0 Å². The molecule has 0 saturated heterocycles. The molecule has 0 heterocycles. The van der Waals surface area contributed by atoms with Crippen molar-refractivity contribution < 1.29 is 39.9 Å². The van der Waals surface area contributed by atoms with Gasteiger partial charge in [0, 0.05) is 22.7 Å². The summed E-state index contributed by atoms with van der Waals surface area (Å²) in [5, 5.41) is 58.9. The fraction of sp³-hybridized carbons (Fsp3) is 0.424. The van der Waals surface area contributed by atoms with Crippen LogP contribution >= 0.6 is 0 Å². The zero-order valence-electron chi connectivity index (χ0n) is 24.0. The number of phenols is 1. The maximum Gasteiger partial charge on any atom is 0.209 e. The van der Waals surface area contributed by atoms with E-state index in [2.05, 4.69) is 0 Å². The van der Waals surface area contributed by atoms with Gasteiger partial charge in [-0.05, 0) is 43.4 Å². The highest BCUT2D eigenvalue weighted by molar-refractivity contribution is 6.25. The monoisotopic (exact) mass is 560 g/mol. The first kappa shape index (κ1) is 28.8. The third-order valence-electron chi connectivity index (χ3n) is 9.99. The SMILES string of the molecule is CC(=O)C1=C(O)C(C(C)C)[C@@]2(C)[C@H](O)[C@]3(C)C(=C(O)[C@@]2(O)C1=O)C(=O)c1c(O)cccc1[C@H]3Cc1ccc(C)cc1. The van der Waals surface area contributed by atoms with Crippen molar-refractivity contribution in [2.24, 2.45) is 22.7 Å². The molecule has 2 aromatic carbocycles. The van der Waals surface area contributed by atoms with Gasteiger partial charge in [0.2, 0.25) is 5.78 Å². The van der Waals surface area contributed by atoms with Gasteiger partial charge in [0.05, 0.1) is 17.2 Å². The van der Waals surface area contributed by atoms with Crippen molar-refractivity contribution in [1.82, 2.24) is 0 Å². The molecule has 0 bridgehead atoms. The first-order chi connectivity index (χ1) is 19.1. The zero-order valence-corrected chi connectivity index (χ0v) is 24.0. The largest absolute Gasteiger partial charge is 0.511 e. The van der Waals surface area contributed by atoms with Gasteiger partial charge < -0.3 is 25.5 Å². The summed E-state index contributed by atoms with van der Waals surface area (Å²) in [4.78, 5) is 40.7. The molecule has 41 heavy (non-hydrogen) atoms. The number of benzene rings is 2. The number of carbonyl (C=O) groups is 3. The second-order valence-corrected chi connectivity index (χ2v) is 12.6. The molecule has 0 radical (unpaired) electrons. The summed E-state index contributed by atoms with van der Waals surface area (Å²) in [5.41, 5.74) is -5.25. The average molecular weight is 561 g/mol. The fourth-order valence-electron chi connectivity index (χ4n) is 8.02. The maximum atomic E-state index is 14.2. The van der Waals surface area contributed by atoms with E-state index in [-0.39, 0.29) is 17.7 Å². The highest BCUT2D eigenvalue weighted by Crippen LogP contribution is 2.67. The van der Waals surface area contributed by atoms with Crippen LogP contribution in [0, 0.1) is 29.6 Å². The molecule has 8 heteroatoms. The number of Topliss-reactive ketones (excluding diaryl/α,β-unsaturated/α-hetero) is 3. The smallest absolute Gasteiger partial charge is 0.209 e. The zero-order chi connectivity index (χ0) is 30.4. The Morgan fingerprint density at radius 3 is 2.17 bits per heavy atom. The van der Waals surface area contributed by atoms with Crippen LogP contribution in [0.4, 0.5) is 0 Å². The van der Waals surface area contributed by atoms with Crippen LogP contribution < -0.4 is 0 Å². The molecule has 1 unspecified atom stereocenters. The van der Waals surface area contributed by atoms with E-state index >= 15 is 0 Å². The standard InChI is InChI=1S/C33H36O8/c1-15(2)24-26(36)22(17(4)34)28(38)33(41)29(39)25-27(37)23-19(8-7-9-21(23)35)20(14-18-12-10-16(3)11-13-18)31(25,5)30(40)32(24,33)6/h7-13,15,20,24,30,35-36,39-41H,14H2,1-6H3/t20-,24?,30-,31+,32+,33+/m1/s1. The van der Waals surface area contributed by atoms with Crippen molar-refractivity contribution >= 4 is 17.3 Å². The van der Waals surface area contributed by atoms with Gasteiger partial charge in [-0.2, -0.15) is 0 Å². The molecule has 5 rings (SSSR count). The molecular formula is C33H36O8. The Morgan fingerprint density at radius 1 is 1.00 bits per heavy atom. The van der Waals surface area contributed by atoms with Crippen LogP contribution in [-0.2, 0) is 16.0 Å². The van der Waals surface area contributed by atoms with Gasteiger partial charge in [0.25, 0.3) is 0 Å². The number of carbonyl (C=O) groups excluding carboxylic acids is 3. The summed E-state index contributed by atoms with van der Waals surface area (Å²) in [6, 6.07) is 12.3. The molecule has 6 atom stereocenters. The summed E-state index contributed by atoms with van der Waals surface area (Å²) in [7, 11) is 0. The molecule has 0 saturated carbocycles. The van der Waals surface area contributed by atoms with Crippen LogP contribution in [0.15, 0.2) is 65.1 Å². The molecule has 0 fully saturated rings. The fourth-order valence-corrected chi connectivity index (χ4v) is 8.02. The molecule has 2 aromatic rings. The van der Waals surface area contributed by atoms with Crippen LogP contribution in [0.1, 0.15) is 67.6 Å². The quantitative estimate of drug-likeness (QED) is 0.345. The predicted octanol–water partition coefficient (Wildman–Crippen LogP) is 4.41. The van der Waals surface area contributed by atoms with Gasteiger partial charge in [-0.3, -0.25) is 14.4 Å². The molecule has 0 aliphatic heterocycles. The average Bonchev–Trinajstić information content (AvgIpc) is 2.89. The van der Waals surface area contributed by atoms with E-state index in [1.165, 1.54) is 13.0 Å². The Labute approximate surface area is 238 Å². The molecule has 0 spiro atoms. The summed E-state index contributed by atoms with van der Waals surface area (Å²) in [6.07, 6.45) is -1.39. The normalized spacial score (nSPS) is 33.0. The van der Waals surface area contributed by atoms with Gasteiger partial charge in [-0.25, -0.2) is 0 Å². The number of hydrogen-bond donors (Lipinski definition) is 5. The first-order valence-corrected chi connectivity index (χ1v) is 13.8. The van der Waals surface area contributed by atoms with Gasteiger partial charge in [0.1, 0.15) is 22.8 Å². The third-order valence-corrected chi connectivity index (χ3v) is 9.99. The van der Waals surface area contributed by atoms with Crippen LogP contribution in [0.25, 0.3) is 0 Å². The van der Waals surface area contributed by atoms with Crippen LogP contribution in [0.2, 0.25) is 0 Å². The van der Waals surface area contributed by atoms with Crippen LogP contribution in [-0.4, -0.2) is 54.6 Å². The molecule has 8 nitrogen and oxygen atoms in total. The number of allylic oxidation sites excluding steroid dienone is 1. The minimum atomic E-state index is -2.91. The topological polar surface area (TPSA) is 152 Å². The number of fused-ring (bicyclic) bond motifs is 3. The van der Waals surface area contributed by atoms with Gasteiger partial charge in [0.15, 0.2) is 17.2 Å². The highest BCUT2D eigenvalue weighted by atomic mass is 16.4. The molecule has 216 valence electrons. The van der Waals surface area contributed by atoms with E-state index in [9.17, 15) is 39.9 Å². The Bertz CT molecular complexity index is 1560. The second-order valence-electron chi connectivity index (χ2n) is 12.6. The number of ketones is 3. The minimum absolute atomic E-state index is 0.0862. The third kappa shape index (κ3) is 3.44. The van der Waals surface area contributed by atoms with E-state index in [1.807, 2.05) is 31.2 Å². The van der Waals surface area contributed by atoms with Crippen molar-refractivity contribution in [2.75, 3.05) is 0 Å². The molecule has 0 aromatic heterocycles. The van der Waals surface area contributed by atoms with E-state index in [0.29, 0.717) is 5.56 Å². The number of phenolic OH excluding ortho intramolecular Hbond substituents is 1. The van der Waals surface area contributed by atoms with Crippen molar-refractivity contribution in [3.63, 3.8) is 0 Å². The molecule has 3 aliphatic carbocycles. The van der Waals surface area contributed by atoms with E-state index in [0.717, 1.165) is 18.1 Å². The Balaban J connectivity index is 1.89. The number of aromatic hydroxyl groups is 1. The Kier molecular flexibility index (Phi) is 6.40. The molecule has 0 amide bonds. The lowest BCUT2D eigenvalue weighted by molar-refractivity contribution is -0.212.